The molecule has 0 aliphatic heterocycles. The number of nitrogens with zero attached hydrogens (tertiary/aromatic N) is 1. The lowest BCUT2D eigenvalue weighted by atomic mass is 10.3. The van der Waals surface area contributed by atoms with E-state index in [1.807, 2.05) is 6.07 Å². The van der Waals surface area contributed by atoms with Crippen LogP contribution in [-0.2, 0) is 6.54 Å². The summed E-state index contributed by atoms with van der Waals surface area (Å²) in [6, 6.07) is 3.99. The Bertz CT molecular complexity index is 525. The number of thiazole rings is 1. The number of methoxy groups -OCH3 is 2. The van der Waals surface area contributed by atoms with Crippen LogP contribution in [0.5, 0.6) is 11.5 Å². The molecule has 0 aliphatic carbocycles. The second-order valence-electron chi connectivity index (χ2n) is 3.54. The van der Waals surface area contributed by atoms with Crippen molar-refractivity contribution in [2.75, 3.05) is 14.2 Å². The van der Waals surface area contributed by atoms with Crippen molar-refractivity contribution < 1.29 is 38.0 Å². The molecule has 2 aromatic rings. The van der Waals surface area contributed by atoms with Gasteiger partial charge in [0.1, 0.15) is 17.0 Å². The van der Waals surface area contributed by atoms with Gasteiger partial charge in [-0.15, -0.1) is 0 Å². The molecule has 2 rings (SSSR count). The molecule has 3 nitrogen and oxygen atoms in total. The number of aryl methyl sites for hydroxylation is 2. The van der Waals surface area contributed by atoms with Gasteiger partial charge < -0.3 is 33.5 Å². The van der Waals surface area contributed by atoms with E-state index in [1.54, 1.807) is 25.6 Å². The van der Waals surface area contributed by atoms with Crippen molar-refractivity contribution >= 4 is 21.6 Å². The molecule has 1 aromatic carbocycles. The van der Waals surface area contributed by atoms with Crippen LogP contribution in [-0.4, -0.2) is 14.2 Å². The quantitative estimate of drug-likeness (QED) is 0.543. The van der Waals surface area contributed by atoms with E-state index in [-0.39, 0.29) is 24.0 Å². The lowest BCUT2D eigenvalue weighted by Gasteiger charge is -2.03. The van der Waals surface area contributed by atoms with Crippen LogP contribution in [0.25, 0.3) is 10.2 Å². The van der Waals surface area contributed by atoms with E-state index in [0.29, 0.717) is 0 Å². The zero-order chi connectivity index (χ0) is 11.7. The number of ether oxygens (including phenoxy) is 2. The van der Waals surface area contributed by atoms with E-state index < -0.39 is 0 Å². The van der Waals surface area contributed by atoms with Crippen molar-refractivity contribution in [2.24, 2.45) is 0 Å². The van der Waals surface area contributed by atoms with Crippen molar-refractivity contribution in [3.8, 4) is 11.5 Å². The predicted molar refractivity (Wildman–Crippen MR) is 65.5 cm³/mol. The standard InChI is InChI=1S/C12H16NO2S.HI/c1-5-13-8(2)16-11-7-9(14-3)6-10(15-4)12(11)13;/h6-7H,5H2,1-4H3;1H/q+1;/p-1. The Morgan fingerprint density at radius 1 is 1.24 bits per heavy atom. The molecule has 0 saturated carbocycles. The Balaban J connectivity index is 0.00000144. The average molecular weight is 365 g/mol. The maximum atomic E-state index is 5.43. The molecule has 0 radical (unpaired) electrons. The first-order valence-electron chi connectivity index (χ1n) is 5.26. The van der Waals surface area contributed by atoms with Crippen LogP contribution >= 0.6 is 11.3 Å². The van der Waals surface area contributed by atoms with Gasteiger partial charge in [0.15, 0.2) is 5.75 Å². The zero-order valence-corrected chi connectivity index (χ0v) is 13.4. The molecule has 1 aromatic heterocycles. The summed E-state index contributed by atoms with van der Waals surface area (Å²) in [6.45, 7) is 5.22. The van der Waals surface area contributed by atoms with Gasteiger partial charge in [-0.2, -0.15) is 4.57 Å². The third-order valence-electron chi connectivity index (χ3n) is 2.69. The van der Waals surface area contributed by atoms with Gasteiger partial charge in [0, 0.05) is 19.1 Å². The van der Waals surface area contributed by atoms with Gasteiger partial charge in [-0.3, -0.25) is 0 Å². The van der Waals surface area contributed by atoms with Gasteiger partial charge in [-0.25, -0.2) is 0 Å². The number of hydrogen-bond donors (Lipinski definition) is 0. The molecule has 0 fully saturated rings. The first-order valence-corrected chi connectivity index (χ1v) is 6.07. The van der Waals surface area contributed by atoms with Crippen LogP contribution in [0.4, 0.5) is 0 Å². The lowest BCUT2D eigenvalue weighted by Crippen LogP contribution is -3.00. The Labute approximate surface area is 122 Å². The average Bonchev–Trinajstić information content (AvgIpc) is 2.62. The van der Waals surface area contributed by atoms with Gasteiger partial charge in [0.25, 0.3) is 5.52 Å². The first kappa shape index (κ1) is 14.5. The van der Waals surface area contributed by atoms with E-state index in [1.165, 1.54) is 9.71 Å². The summed E-state index contributed by atoms with van der Waals surface area (Å²) >= 11 is 1.77. The summed E-state index contributed by atoms with van der Waals surface area (Å²) in [4.78, 5) is 0. The van der Waals surface area contributed by atoms with Crippen LogP contribution in [0.2, 0.25) is 0 Å². The molecule has 0 N–H and O–H groups in total. The highest BCUT2D eigenvalue weighted by Crippen LogP contribution is 2.32. The van der Waals surface area contributed by atoms with Gasteiger partial charge in [0.2, 0.25) is 5.01 Å². The maximum Gasteiger partial charge on any atom is 0.266 e. The summed E-state index contributed by atoms with van der Waals surface area (Å²) in [5.74, 6) is 1.72. The summed E-state index contributed by atoms with van der Waals surface area (Å²) in [5, 5.41) is 1.28. The van der Waals surface area contributed by atoms with E-state index in [2.05, 4.69) is 24.5 Å². The minimum Gasteiger partial charge on any atom is -1.00 e. The van der Waals surface area contributed by atoms with Gasteiger partial charge in [-0.1, -0.05) is 11.3 Å². The summed E-state index contributed by atoms with van der Waals surface area (Å²) in [6.07, 6.45) is 0. The van der Waals surface area contributed by atoms with Crippen LogP contribution in [0.3, 0.4) is 0 Å². The number of rotatable bonds is 3. The van der Waals surface area contributed by atoms with Crippen molar-refractivity contribution in [3.63, 3.8) is 0 Å². The minimum atomic E-state index is 0. The lowest BCUT2D eigenvalue weighted by molar-refractivity contribution is -0.669. The SMILES string of the molecule is CC[n+]1c(C)sc2cc(OC)cc(OC)c21.[I-]. The molecule has 0 bridgehead atoms. The van der Waals surface area contributed by atoms with Gasteiger partial charge >= 0.3 is 0 Å². The number of fused-ring (bicyclic) bond motifs is 1. The molecule has 0 spiro atoms. The molecule has 17 heavy (non-hydrogen) atoms. The topological polar surface area (TPSA) is 22.3 Å². The number of benzene rings is 1. The molecule has 1 heterocycles. The first-order chi connectivity index (χ1) is 7.71. The third kappa shape index (κ3) is 2.49. The number of hydrogen-bond acceptors (Lipinski definition) is 3. The smallest absolute Gasteiger partial charge is 0.266 e. The monoisotopic (exact) mass is 365 g/mol. The molecular weight excluding hydrogens is 349 g/mol. The highest BCUT2D eigenvalue weighted by molar-refractivity contribution is 7.18. The van der Waals surface area contributed by atoms with Crippen molar-refractivity contribution in [3.05, 3.63) is 17.1 Å². The van der Waals surface area contributed by atoms with E-state index >= 15 is 0 Å². The van der Waals surface area contributed by atoms with E-state index in [0.717, 1.165) is 23.6 Å². The zero-order valence-electron chi connectivity index (χ0n) is 10.4. The van der Waals surface area contributed by atoms with Crippen LogP contribution in [0, 0.1) is 6.92 Å². The molecule has 0 unspecified atom stereocenters. The second-order valence-corrected chi connectivity index (χ2v) is 4.78. The van der Waals surface area contributed by atoms with Crippen LogP contribution in [0.15, 0.2) is 12.1 Å². The minimum absolute atomic E-state index is 0. The summed E-state index contributed by atoms with van der Waals surface area (Å²) in [7, 11) is 3.37. The predicted octanol–water partition coefficient (Wildman–Crippen LogP) is -0.462. The van der Waals surface area contributed by atoms with Crippen molar-refractivity contribution in [1.82, 2.24) is 0 Å². The molecule has 94 valence electrons. The fourth-order valence-corrected chi connectivity index (χ4v) is 3.06. The van der Waals surface area contributed by atoms with Crippen molar-refractivity contribution in [2.45, 2.75) is 20.4 Å². The summed E-state index contributed by atoms with van der Waals surface area (Å²) < 4.78 is 14.2. The van der Waals surface area contributed by atoms with E-state index in [9.17, 15) is 0 Å². The molecule has 0 aliphatic rings. The number of halogens is 1. The fourth-order valence-electron chi connectivity index (χ4n) is 1.93. The van der Waals surface area contributed by atoms with E-state index in [4.69, 9.17) is 9.47 Å². The van der Waals surface area contributed by atoms with Crippen LogP contribution in [0.1, 0.15) is 11.9 Å². The Morgan fingerprint density at radius 3 is 2.47 bits per heavy atom. The Morgan fingerprint density at radius 2 is 1.94 bits per heavy atom. The normalized spacial score (nSPS) is 10.1. The Hall–Kier alpha value is -0.560. The molecular formula is C12H16INO2S. The molecule has 5 heteroatoms. The third-order valence-corrected chi connectivity index (χ3v) is 3.74. The summed E-state index contributed by atoms with van der Waals surface area (Å²) in [5.41, 5.74) is 1.16. The maximum absolute atomic E-state index is 5.43. The van der Waals surface area contributed by atoms with Gasteiger partial charge in [-0.05, 0) is 6.92 Å². The number of aromatic nitrogens is 1. The Kier molecular flexibility index (Phi) is 5.00. The highest BCUT2D eigenvalue weighted by Gasteiger charge is 2.21. The molecule has 0 atom stereocenters. The van der Waals surface area contributed by atoms with Gasteiger partial charge in [0.05, 0.1) is 14.2 Å². The molecule has 0 amide bonds. The van der Waals surface area contributed by atoms with Crippen LogP contribution < -0.4 is 38.0 Å². The second kappa shape index (κ2) is 5.86. The largest absolute Gasteiger partial charge is 1.00 e. The highest BCUT2D eigenvalue weighted by atomic mass is 127. The fraction of sp³-hybridized carbons (Fsp3) is 0.417. The molecule has 0 saturated heterocycles. The van der Waals surface area contributed by atoms with Crippen molar-refractivity contribution in [1.29, 1.82) is 0 Å².